The first kappa shape index (κ1) is 92.9. The Labute approximate surface area is 634 Å². The molecule has 2 aromatic rings. The summed E-state index contributed by atoms with van der Waals surface area (Å²) in [7, 11) is -4.45. The topological polar surface area (TPSA) is 510 Å². The molecule has 0 spiro atoms. The number of Topliss-reactive ketones (excluding diaryl/α,β-unsaturated/α-hetero) is 2. The van der Waals surface area contributed by atoms with Gasteiger partial charge in [0.1, 0.15) is 39.1 Å². The zero-order valence-corrected chi connectivity index (χ0v) is 64.1. The van der Waals surface area contributed by atoms with Crippen molar-refractivity contribution in [2.75, 3.05) is 85.5 Å². The highest BCUT2D eigenvalue weighted by atomic mass is 32.2. The number of ketones is 2. The largest absolute Gasteiger partial charge is 0.464 e. The van der Waals surface area contributed by atoms with Crippen molar-refractivity contribution in [1.82, 2.24) is 51.1 Å². The maximum Gasteiger partial charge on any atom is 0.421 e. The molecule has 0 bridgehead atoms. The normalized spacial score (nSPS) is 13.0. The molecule has 12 amide bonds. The molecule has 1 aliphatic rings. The first-order valence-corrected chi connectivity index (χ1v) is 37.7. The summed E-state index contributed by atoms with van der Waals surface area (Å²) in [6, 6.07) is 8.47. The Morgan fingerprint density at radius 1 is 0.495 bits per heavy atom. The van der Waals surface area contributed by atoms with E-state index < -0.39 is 139 Å². The Balaban J connectivity index is 1.65. The number of urea groups is 2. The molecule has 0 aliphatic carbocycles. The summed E-state index contributed by atoms with van der Waals surface area (Å²) < 4.78 is 66.0. The molecule has 3 rings (SSSR count). The number of carbonyl (C=O) groups is 15. The van der Waals surface area contributed by atoms with Crippen molar-refractivity contribution >= 4 is 99.6 Å². The van der Waals surface area contributed by atoms with Gasteiger partial charge < -0.3 is 81.4 Å². The molecule has 37 heteroatoms. The first-order valence-electron chi connectivity index (χ1n) is 36.2. The van der Waals surface area contributed by atoms with Crippen LogP contribution in [-0.4, -0.2) is 211 Å². The maximum absolute atomic E-state index is 14.0. The Bertz CT molecular complexity index is 3330. The Kier molecular flexibility index (Phi) is 42.9. The number of rotatable bonds is 53. The van der Waals surface area contributed by atoms with E-state index in [4.69, 9.17) is 44.6 Å². The lowest BCUT2D eigenvalue weighted by atomic mass is 9.90. The molecule has 109 heavy (non-hydrogen) atoms. The Hall–Kier alpha value is -10.3. The number of unbranched alkanes of at least 4 members (excludes halogenated alkanes) is 2. The number of amides is 12. The minimum Gasteiger partial charge on any atom is -0.464 e. The second-order valence-electron chi connectivity index (χ2n) is 26.7. The fraction of sp³-hybridized carbons (Fsp3) is 0.597. The van der Waals surface area contributed by atoms with E-state index in [1.54, 1.807) is 109 Å². The van der Waals surface area contributed by atoms with E-state index >= 15 is 0 Å². The summed E-state index contributed by atoms with van der Waals surface area (Å²) in [5, 5.41) is 15.5. The number of nitrogens with two attached hydrogens (primary N) is 2. The van der Waals surface area contributed by atoms with E-state index in [1.165, 1.54) is 12.2 Å². The highest BCUT2D eigenvalue weighted by Gasteiger charge is 2.33. The van der Waals surface area contributed by atoms with Gasteiger partial charge in [0.05, 0.1) is 69.2 Å². The summed E-state index contributed by atoms with van der Waals surface area (Å²) >= 11 is 0. The van der Waals surface area contributed by atoms with Crippen molar-refractivity contribution in [1.29, 1.82) is 0 Å². The Morgan fingerprint density at radius 2 is 0.991 bits per heavy atom. The van der Waals surface area contributed by atoms with E-state index in [1.807, 2.05) is 0 Å². The molecule has 1 heterocycles. The van der Waals surface area contributed by atoms with Gasteiger partial charge in [0.2, 0.25) is 17.7 Å². The molecule has 0 fully saturated rings. The number of hydrogen-bond acceptors (Lipinski definition) is 24. The highest BCUT2D eigenvalue weighted by molar-refractivity contribution is 7.88. The molecule has 0 unspecified atom stereocenters. The number of esters is 3. The van der Waals surface area contributed by atoms with Crippen LogP contribution in [0.1, 0.15) is 142 Å². The van der Waals surface area contributed by atoms with Crippen molar-refractivity contribution in [3.63, 3.8) is 0 Å². The van der Waals surface area contributed by atoms with Crippen LogP contribution >= 0.6 is 0 Å². The number of alkyl carbamates (subject to hydrolysis) is 1. The van der Waals surface area contributed by atoms with Crippen LogP contribution in [-0.2, 0) is 117 Å². The van der Waals surface area contributed by atoms with Gasteiger partial charge in [0, 0.05) is 64.1 Å². The molecule has 0 radical (unpaired) electrons. The molecular formula is C72H108N12O24S. The average molecular weight is 1560 g/mol. The standard InChI is InChI=1S/C72H108N12O24S/c1-46(2)54(64(91)79-55(15-12-28-76-68(73)95)57(85)41-50-18-22-52(23-19-50)44-107-66(93)48(5)6)43-62(90)103-37-33-83(72(99)106-40-39-102-36-31-78-109(100,101)82-71(98)104-35-14-30-75-59(87)17-10-9-11-32-84-60(88)26-27-61(84)89)34-38-105-70(97)81-63(47(3)4)65(92)80-56(16-13-29-77-69(74)96)58(86)42-51-20-24-53(25-21-51)45-108-67(94)49(7)8/h18-27,46-49,54-56,63,78H,9-17,28-45H2,1-8H3,(H,75,87)(H,79,91)(H,80,92)(H,81,97)(H,82,98)(H3,73,76,95)(H3,74,77,96)/t54-,55-,56-,63-/m0/s1. The van der Waals surface area contributed by atoms with Gasteiger partial charge in [-0.1, -0.05) is 110 Å². The molecule has 36 nitrogen and oxygen atoms in total. The molecular weight excluding hydrogens is 1450 g/mol. The first-order chi connectivity index (χ1) is 51.6. The van der Waals surface area contributed by atoms with Crippen LogP contribution in [0.2, 0.25) is 0 Å². The number of hydrogen-bond donors (Lipinski definition) is 10. The van der Waals surface area contributed by atoms with Gasteiger partial charge >= 0.3 is 58.5 Å². The fourth-order valence-electron chi connectivity index (χ4n) is 10.1. The third kappa shape index (κ3) is 39.4. The van der Waals surface area contributed by atoms with E-state index in [0.29, 0.717) is 41.5 Å². The van der Waals surface area contributed by atoms with Crippen LogP contribution in [0.4, 0.5) is 24.0 Å². The molecule has 4 atom stereocenters. The van der Waals surface area contributed by atoms with Gasteiger partial charge in [-0.2, -0.15) is 13.1 Å². The third-order valence-corrected chi connectivity index (χ3v) is 17.4. The van der Waals surface area contributed by atoms with Crippen LogP contribution in [0, 0.1) is 29.6 Å². The summed E-state index contributed by atoms with van der Waals surface area (Å²) in [6.45, 7) is 10.5. The smallest absolute Gasteiger partial charge is 0.421 e. The minimum atomic E-state index is -4.45. The summed E-state index contributed by atoms with van der Waals surface area (Å²) in [6.07, 6.45) is 0.757. The summed E-state index contributed by atoms with van der Waals surface area (Å²) in [5.74, 6) is -7.64. The SMILES string of the molecule is CC(C)C(=O)OCc1ccc(CC(=O)[C@H](CCCNC(N)=O)NC(=O)[C@@H](CC(=O)OCCN(CCOC(=O)N[C@H](C(=O)N[C@@H](CCCNC(N)=O)C(=O)Cc2ccc(COC(=O)C(C)C)cc2)C(C)C)C(=O)OCCOCCNS(=O)(=O)NC(=O)OCCCNC(=O)CCCCCN2C(=O)C=CC2=O)C(C)C)cc1. The third-order valence-electron chi connectivity index (χ3n) is 16.4. The van der Waals surface area contributed by atoms with Crippen molar-refractivity contribution in [2.24, 2.45) is 41.1 Å². The quantitative estimate of drug-likeness (QED) is 0.0197. The van der Waals surface area contributed by atoms with Crippen molar-refractivity contribution < 1.29 is 113 Å². The lowest BCUT2D eigenvalue weighted by Crippen LogP contribution is -2.54. The van der Waals surface area contributed by atoms with Crippen molar-refractivity contribution in [2.45, 2.75) is 164 Å². The molecule has 0 aromatic heterocycles. The van der Waals surface area contributed by atoms with Gasteiger partial charge in [0.15, 0.2) is 11.6 Å². The number of nitrogens with one attached hydrogen (secondary N) is 8. The van der Waals surface area contributed by atoms with Gasteiger partial charge in [-0.15, -0.1) is 0 Å². The molecule has 606 valence electrons. The van der Waals surface area contributed by atoms with Gasteiger partial charge in [-0.25, -0.2) is 28.7 Å². The number of imide groups is 1. The van der Waals surface area contributed by atoms with Crippen LogP contribution in [0.15, 0.2) is 60.7 Å². The highest BCUT2D eigenvalue weighted by Crippen LogP contribution is 2.20. The molecule has 0 saturated carbocycles. The number of primary amides is 2. The van der Waals surface area contributed by atoms with Gasteiger partial charge in [-0.3, -0.25) is 52.8 Å². The molecule has 0 saturated heterocycles. The number of carbonyl (C=O) groups excluding carboxylic acids is 15. The van der Waals surface area contributed by atoms with Crippen molar-refractivity contribution in [3.05, 3.63) is 82.9 Å². The number of nitrogens with zero attached hydrogens (tertiary/aromatic N) is 2. The number of benzene rings is 2. The monoisotopic (exact) mass is 1560 g/mol. The van der Waals surface area contributed by atoms with E-state index in [0.717, 1.165) is 9.80 Å². The van der Waals surface area contributed by atoms with Gasteiger partial charge in [-0.05, 0) is 79.0 Å². The minimum absolute atomic E-state index is 0.0216. The average Bonchev–Trinajstić information content (AvgIpc) is 1.14. The fourth-order valence-corrected chi connectivity index (χ4v) is 10.8. The number of ether oxygens (including phenoxy) is 7. The van der Waals surface area contributed by atoms with Crippen LogP contribution in [0.25, 0.3) is 0 Å². The zero-order valence-electron chi connectivity index (χ0n) is 63.2. The predicted octanol–water partition coefficient (Wildman–Crippen LogP) is 2.84. The van der Waals surface area contributed by atoms with Gasteiger partial charge in [0.25, 0.3) is 11.8 Å². The molecule has 1 aliphatic heterocycles. The maximum atomic E-state index is 14.0. The second kappa shape index (κ2) is 50.4. The summed E-state index contributed by atoms with van der Waals surface area (Å²) in [5.41, 5.74) is 13.0. The van der Waals surface area contributed by atoms with Crippen molar-refractivity contribution in [3.8, 4) is 0 Å². The van der Waals surface area contributed by atoms with Crippen LogP contribution < -0.4 is 52.8 Å². The van der Waals surface area contributed by atoms with Crippen LogP contribution in [0.3, 0.4) is 0 Å². The lowest BCUT2D eigenvalue weighted by Gasteiger charge is -2.26. The van der Waals surface area contributed by atoms with E-state index in [-0.39, 0.29) is 164 Å². The van der Waals surface area contributed by atoms with E-state index in [9.17, 15) is 80.3 Å². The van der Waals surface area contributed by atoms with E-state index in [2.05, 4.69) is 36.6 Å². The molecule has 12 N–H and O–H groups in total. The van der Waals surface area contributed by atoms with Crippen LogP contribution in [0.5, 0.6) is 0 Å². The lowest BCUT2D eigenvalue weighted by molar-refractivity contribution is -0.149. The predicted molar refractivity (Wildman–Crippen MR) is 391 cm³/mol. The summed E-state index contributed by atoms with van der Waals surface area (Å²) in [4.78, 5) is 193. The Morgan fingerprint density at radius 3 is 1.50 bits per heavy atom. The zero-order chi connectivity index (χ0) is 81.0. The molecule has 2 aromatic carbocycles. The second-order valence-corrected chi connectivity index (χ2v) is 28.2.